The van der Waals surface area contributed by atoms with Crippen LogP contribution in [0.15, 0.2) is 23.1 Å². The van der Waals surface area contributed by atoms with Gasteiger partial charge in [0.1, 0.15) is 0 Å². The van der Waals surface area contributed by atoms with Gasteiger partial charge < -0.3 is 5.73 Å². The number of sulfonamides is 1. The van der Waals surface area contributed by atoms with E-state index in [0.29, 0.717) is 11.4 Å². The highest BCUT2D eigenvalue weighted by molar-refractivity contribution is 7.89. The molecule has 2 aliphatic carbocycles. The van der Waals surface area contributed by atoms with Crippen molar-refractivity contribution in [2.75, 3.05) is 13.6 Å². The summed E-state index contributed by atoms with van der Waals surface area (Å²) in [4.78, 5) is 0.422. The zero-order chi connectivity index (χ0) is 15.1. The summed E-state index contributed by atoms with van der Waals surface area (Å²) in [5.41, 5.74) is 8.03. The van der Waals surface area contributed by atoms with Gasteiger partial charge in [-0.2, -0.15) is 4.31 Å². The standard InChI is InChI=1S/C16H24N2O2S/c1-18(16(12-17)9-2-3-10-16)21(19,20)15-8-7-13-5-4-6-14(13)11-15/h7-8,11H,2-6,9-10,12,17H2,1H3. The fraction of sp³-hybridized carbons (Fsp3) is 0.625. The van der Waals surface area contributed by atoms with Crippen LogP contribution in [0.3, 0.4) is 0 Å². The van der Waals surface area contributed by atoms with E-state index in [1.54, 1.807) is 17.4 Å². The maximum Gasteiger partial charge on any atom is 0.243 e. The van der Waals surface area contributed by atoms with Crippen molar-refractivity contribution in [3.8, 4) is 0 Å². The molecule has 1 fully saturated rings. The first kappa shape index (κ1) is 15.0. The van der Waals surface area contributed by atoms with Crippen molar-refractivity contribution >= 4 is 10.0 Å². The summed E-state index contributed by atoms with van der Waals surface area (Å²) in [5, 5.41) is 0. The van der Waals surface area contributed by atoms with Crippen LogP contribution in [0.1, 0.15) is 43.2 Å². The minimum Gasteiger partial charge on any atom is -0.329 e. The Morgan fingerprint density at radius 1 is 1.14 bits per heavy atom. The van der Waals surface area contributed by atoms with Gasteiger partial charge in [-0.25, -0.2) is 8.42 Å². The van der Waals surface area contributed by atoms with Crippen molar-refractivity contribution < 1.29 is 8.42 Å². The van der Waals surface area contributed by atoms with Crippen molar-refractivity contribution in [2.24, 2.45) is 5.73 Å². The summed E-state index contributed by atoms with van der Waals surface area (Å²) in [6, 6.07) is 5.61. The molecule has 1 saturated carbocycles. The highest BCUT2D eigenvalue weighted by atomic mass is 32.2. The van der Waals surface area contributed by atoms with E-state index >= 15 is 0 Å². The number of nitrogens with zero attached hydrogens (tertiary/aromatic N) is 1. The molecule has 0 bridgehead atoms. The minimum atomic E-state index is -3.46. The van der Waals surface area contributed by atoms with Crippen LogP contribution in [-0.2, 0) is 22.9 Å². The summed E-state index contributed by atoms with van der Waals surface area (Å²) in [6.07, 6.45) is 7.03. The number of fused-ring (bicyclic) bond motifs is 1. The van der Waals surface area contributed by atoms with Crippen molar-refractivity contribution in [3.63, 3.8) is 0 Å². The molecule has 116 valence electrons. The molecule has 4 nitrogen and oxygen atoms in total. The maximum absolute atomic E-state index is 13.0. The van der Waals surface area contributed by atoms with E-state index in [0.717, 1.165) is 44.9 Å². The molecule has 0 aromatic heterocycles. The number of hydrogen-bond acceptors (Lipinski definition) is 3. The average molecular weight is 308 g/mol. The highest BCUT2D eigenvalue weighted by Gasteiger charge is 2.42. The molecule has 0 spiro atoms. The van der Waals surface area contributed by atoms with Crippen LogP contribution in [0, 0.1) is 0 Å². The molecule has 0 atom stereocenters. The molecule has 0 amide bonds. The molecule has 21 heavy (non-hydrogen) atoms. The number of aryl methyl sites for hydroxylation is 2. The molecule has 1 aromatic rings. The second kappa shape index (κ2) is 5.38. The van der Waals surface area contributed by atoms with E-state index in [9.17, 15) is 8.42 Å². The number of rotatable bonds is 4. The van der Waals surface area contributed by atoms with Gasteiger partial charge in [-0.1, -0.05) is 18.9 Å². The molecule has 5 heteroatoms. The van der Waals surface area contributed by atoms with E-state index < -0.39 is 15.6 Å². The van der Waals surface area contributed by atoms with Crippen LogP contribution in [0.25, 0.3) is 0 Å². The lowest BCUT2D eigenvalue weighted by Gasteiger charge is -2.36. The Morgan fingerprint density at radius 2 is 1.81 bits per heavy atom. The SMILES string of the molecule is CN(C1(CN)CCCC1)S(=O)(=O)c1ccc2c(c1)CCC2. The van der Waals surface area contributed by atoms with Gasteiger partial charge in [0, 0.05) is 19.1 Å². The molecule has 0 unspecified atom stereocenters. The Labute approximate surface area is 127 Å². The van der Waals surface area contributed by atoms with Gasteiger partial charge in [0.2, 0.25) is 10.0 Å². The van der Waals surface area contributed by atoms with Crippen LogP contribution in [0.5, 0.6) is 0 Å². The molecular weight excluding hydrogens is 284 g/mol. The number of likely N-dealkylation sites (N-methyl/N-ethyl adjacent to an activating group) is 1. The molecule has 2 N–H and O–H groups in total. The van der Waals surface area contributed by atoms with Crippen molar-refractivity contribution in [3.05, 3.63) is 29.3 Å². The monoisotopic (exact) mass is 308 g/mol. The lowest BCUT2D eigenvalue weighted by molar-refractivity contribution is 0.230. The zero-order valence-corrected chi connectivity index (χ0v) is 13.5. The zero-order valence-electron chi connectivity index (χ0n) is 12.6. The highest BCUT2D eigenvalue weighted by Crippen LogP contribution is 2.37. The van der Waals surface area contributed by atoms with Gasteiger partial charge in [0.25, 0.3) is 0 Å². The Hall–Kier alpha value is -0.910. The van der Waals surface area contributed by atoms with Gasteiger partial charge in [0.05, 0.1) is 4.90 Å². The van der Waals surface area contributed by atoms with Gasteiger partial charge >= 0.3 is 0 Å². The summed E-state index contributed by atoms with van der Waals surface area (Å²) < 4.78 is 27.5. The van der Waals surface area contributed by atoms with E-state index in [1.165, 1.54) is 11.1 Å². The molecule has 3 rings (SSSR count). The predicted octanol–water partition coefficient (Wildman–Crippen LogP) is 2.07. The Balaban J connectivity index is 1.96. The fourth-order valence-corrected chi connectivity index (χ4v) is 5.42. The van der Waals surface area contributed by atoms with E-state index in [2.05, 4.69) is 0 Å². The Bertz CT molecular complexity index is 634. The molecular formula is C16H24N2O2S. The summed E-state index contributed by atoms with van der Waals surface area (Å²) in [6.45, 7) is 0.396. The molecule has 1 aromatic carbocycles. The largest absolute Gasteiger partial charge is 0.329 e. The third kappa shape index (κ3) is 2.41. The predicted molar refractivity (Wildman–Crippen MR) is 83.7 cm³/mol. The summed E-state index contributed by atoms with van der Waals surface area (Å²) >= 11 is 0. The first-order valence-electron chi connectivity index (χ1n) is 7.80. The maximum atomic E-state index is 13.0. The smallest absolute Gasteiger partial charge is 0.243 e. The molecule has 2 aliphatic rings. The lowest BCUT2D eigenvalue weighted by atomic mass is 9.98. The van der Waals surface area contributed by atoms with Gasteiger partial charge in [-0.3, -0.25) is 0 Å². The van der Waals surface area contributed by atoms with Gasteiger partial charge in [-0.05, 0) is 55.4 Å². The van der Waals surface area contributed by atoms with Crippen LogP contribution in [-0.4, -0.2) is 31.9 Å². The van der Waals surface area contributed by atoms with Crippen LogP contribution in [0.2, 0.25) is 0 Å². The summed E-state index contributed by atoms with van der Waals surface area (Å²) in [7, 11) is -1.77. The van der Waals surface area contributed by atoms with Crippen LogP contribution in [0.4, 0.5) is 0 Å². The van der Waals surface area contributed by atoms with Gasteiger partial charge in [0.15, 0.2) is 0 Å². The van der Waals surface area contributed by atoms with E-state index in [-0.39, 0.29) is 0 Å². The Morgan fingerprint density at radius 3 is 2.48 bits per heavy atom. The summed E-state index contributed by atoms with van der Waals surface area (Å²) in [5.74, 6) is 0. The normalized spacial score (nSPS) is 20.9. The lowest BCUT2D eigenvalue weighted by Crippen LogP contribution is -2.52. The van der Waals surface area contributed by atoms with Crippen LogP contribution >= 0.6 is 0 Å². The van der Waals surface area contributed by atoms with Crippen molar-refractivity contribution in [1.82, 2.24) is 4.31 Å². The molecule has 0 heterocycles. The van der Waals surface area contributed by atoms with Crippen molar-refractivity contribution in [1.29, 1.82) is 0 Å². The Kier molecular flexibility index (Phi) is 3.84. The topological polar surface area (TPSA) is 63.4 Å². The van der Waals surface area contributed by atoms with Gasteiger partial charge in [-0.15, -0.1) is 0 Å². The first-order chi connectivity index (χ1) is 9.99. The average Bonchev–Trinajstić information content (AvgIpc) is 3.15. The molecule has 0 radical (unpaired) electrons. The quantitative estimate of drug-likeness (QED) is 0.926. The number of nitrogens with two attached hydrogens (primary N) is 1. The third-order valence-corrected chi connectivity index (χ3v) is 7.27. The molecule has 0 aliphatic heterocycles. The van der Waals surface area contributed by atoms with E-state index in [4.69, 9.17) is 5.73 Å². The number of hydrogen-bond donors (Lipinski definition) is 1. The second-order valence-corrected chi connectivity index (χ2v) is 8.36. The fourth-order valence-electron chi connectivity index (χ4n) is 3.80. The minimum absolute atomic E-state index is 0.391. The van der Waals surface area contributed by atoms with E-state index in [1.807, 2.05) is 12.1 Å². The van der Waals surface area contributed by atoms with Crippen molar-refractivity contribution in [2.45, 2.75) is 55.4 Å². The number of benzene rings is 1. The third-order valence-electron chi connectivity index (χ3n) is 5.31. The second-order valence-electron chi connectivity index (χ2n) is 6.39. The van der Waals surface area contributed by atoms with Crippen LogP contribution < -0.4 is 5.73 Å². The molecule has 0 saturated heterocycles. The first-order valence-corrected chi connectivity index (χ1v) is 9.24.